The number of carbonyl (C=O) groups is 4. The van der Waals surface area contributed by atoms with E-state index in [0.717, 1.165) is 12.8 Å². The summed E-state index contributed by atoms with van der Waals surface area (Å²) in [5.41, 5.74) is 1.81. The molecule has 2 aromatic heterocycles. The molecule has 2 saturated heterocycles. The number of nitrogens with one attached hydrogen (secondary N) is 4. The predicted molar refractivity (Wildman–Crippen MR) is 192 cm³/mol. The number of ether oxygens (including phenoxy) is 2. The van der Waals surface area contributed by atoms with Crippen LogP contribution in [0.3, 0.4) is 0 Å². The lowest BCUT2D eigenvalue weighted by Crippen LogP contribution is -2.51. The molecule has 3 aromatic rings. The Morgan fingerprint density at radius 3 is 1.87 bits per heavy atom. The van der Waals surface area contributed by atoms with Crippen molar-refractivity contribution in [3.8, 4) is 34.9 Å². The largest absolute Gasteiger partial charge is 0.453 e. The number of benzene rings is 1. The summed E-state index contributed by atoms with van der Waals surface area (Å²) in [4.78, 5) is 69.3. The Morgan fingerprint density at radius 1 is 0.811 bits per heavy atom. The molecule has 4 heterocycles. The molecular weight excluding hydrogens is 683 g/mol. The molecule has 280 valence electrons. The second kappa shape index (κ2) is 17.1. The summed E-state index contributed by atoms with van der Waals surface area (Å²) >= 11 is 0. The Balaban J connectivity index is 1.23. The number of rotatable bonds is 9. The number of halogens is 1. The number of aromatic nitrogens is 4. The molecule has 4 atom stereocenters. The van der Waals surface area contributed by atoms with Gasteiger partial charge in [0.1, 0.15) is 35.2 Å². The fourth-order valence-corrected chi connectivity index (χ4v) is 6.59. The average Bonchev–Trinajstić information content (AvgIpc) is 3.97. The highest BCUT2D eigenvalue weighted by molar-refractivity contribution is 5.87. The van der Waals surface area contributed by atoms with Gasteiger partial charge in [-0.1, -0.05) is 33.8 Å². The van der Waals surface area contributed by atoms with Crippen molar-refractivity contribution in [1.29, 1.82) is 0 Å². The second-order valence-corrected chi connectivity index (χ2v) is 13.7. The van der Waals surface area contributed by atoms with Crippen molar-refractivity contribution in [2.24, 2.45) is 11.8 Å². The minimum absolute atomic E-state index is 0.145. The Labute approximate surface area is 308 Å². The number of aromatic amines is 2. The zero-order valence-corrected chi connectivity index (χ0v) is 30.7. The Kier molecular flexibility index (Phi) is 12.4. The van der Waals surface area contributed by atoms with Gasteiger partial charge in [0.2, 0.25) is 11.8 Å². The van der Waals surface area contributed by atoms with Gasteiger partial charge < -0.3 is 39.9 Å². The Bertz CT molecular complexity index is 1950. The van der Waals surface area contributed by atoms with E-state index >= 15 is 4.39 Å². The normalized spacial score (nSPS) is 17.8. The van der Waals surface area contributed by atoms with Gasteiger partial charge in [-0.2, -0.15) is 0 Å². The fourth-order valence-electron chi connectivity index (χ4n) is 6.59. The molecule has 0 unspecified atom stereocenters. The topological polar surface area (TPSA) is 175 Å². The SMILES string of the molecule is COC(=O)N[C@H](C(=O)N1CCC[C@H]1c1ncc(C#CC#Cc2ccc(-c3cnc([C@@H]4CCCN4C(=O)[C@@H](NC(=O)OC)C(C)C)[nH]3)cc2F)[nH]1)C(C)C. The average molecular weight is 729 g/mol. The third-order valence-corrected chi connectivity index (χ3v) is 9.41. The van der Waals surface area contributed by atoms with Crippen LogP contribution in [0.2, 0.25) is 0 Å². The van der Waals surface area contributed by atoms with Gasteiger partial charge in [0.05, 0.1) is 50.0 Å². The van der Waals surface area contributed by atoms with Gasteiger partial charge in [0.25, 0.3) is 0 Å². The summed E-state index contributed by atoms with van der Waals surface area (Å²) in [6.45, 7) is 8.48. The smallest absolute Gasteiger partial charge is 0.407 e. The molecule has 0 radical (unpaired) electrons. The van der Waals surface area contributed by atoms with Crippen molar-refractivity contribution in [2.45, 2.75) is 77.5 Å². The first-order valence-corrected chi connectivity index (χ1v) is 17.6. The molecule has 15 heteroatoms. The highest BCUT2D eigenvalue weighted by atomic mass is 19.1. The van der Waals surface area contributed by atoms with Crippen molar-refractivity contribution in [3.63, 3.8) is 0 Å². The van der Waals surface area contributed by atoms with Crippen molar-refractivity contribution in [1.82, 2.24) is 40.4 Å². The number of H-pyrrole nitrogens is 2. The number of methoxy groups -OCH3 is 2. The van der Waals surface area contributed by atoms with E-state index in [-0.39, 0.29) is 41.3 Å². The number of hydrogen-bond acceptors (Lipinski definition) is 8. The Morgan fingerprint density at radius 2 is 1.34 bits per heavy atom. The quantitative estimate of drug-likeness (QED) is 0.234. The Hall–Kier alpha value is -5.83. The molecule has 2 aliphatic rings. The summed E-state index contributed by atoms with van der Waals surface area (Å²) in [5, 5.41) is 5.27. The molecule has 14 nitrogen and oxygen atoms in total. The number of imidazole rings is 2. The van der Waals surface area contributed by atoms with E-state index in [1.54, 1.807) is 34.3 Å². The third-order valence-electron chi connectivity index (χ3n) is 9.41. The highest BCUT2D eigenvalue weighted by Crippen LogP contribution is 2.33. The lowest BCUT2D eigenvalue weighted by Gasteiger charge is -2.30. The molecule has 0 bridgehead atoms. The van der Waals surface area contributed by atoms with Crippen LogP contribution < -0.4 is 10.6 Å². The van der Waals surface area contributed by atoms with Crippen LogP contribution in [0.4, 0.5) is 14.0 Å². The van der Waals surface area contributed by atoms with Gasteiger partial charge in [-0.05, 0) is 73.3 Å². The molecule has 4 amide bonds. The molecule has 2 fully saturated rings. The summed E-state index contributed by atoms with van der Waals surface area (Å²) in [6.07, 6.45) is 4.80. The van der Waals surface area contributed by atoms with Gasteiger partial charge in [-0.3, -0.25) is 9.59 Å². The van der Waals surface area contributed by atoms with Crippen LogP contribution in [-0.4, -0.2) is 93.1 Å². The van der Waals surface area contributed by atoms with Crippen LogP contribution >= 0.6 is 0 Å². The number of alkyl carbamates (subject to hydrolysis) is 2. The molecule has 53 heavy (non-hydrogen) atoms. The fraction of sp³-hybridized carbons (Fsp3) is 0.474. The summed E-state index contributed by atoms with van der Waals surface area (Å²) in [7, 11) is 2.51. The highest BCUT2D eigenvalue weighted by Gasteiger charge is 2.39. The molecule has 4 N–H and O–H groups in total. The maximum atomic E-state index is 15.2. The van der Waals surface area contributed by atoms with E-state index < -0.39 is 30.1 Å². The van der Waals surface area contributed by atoms with Crippen molar-refractivity contribution >= 4 is 24.0 Å². The second-order valence-electron chi connectivity index (χ2n) is 13.7. The monoisotopic (exact) mass is 728 g/mol. The lowest BCUT2D eigenvalue weighted by molar-refractivity contribution is -0.136. The van der Waals surface area contributed by atoms with E-state index in [2.05, 4.69) is 54.3 Å². The van der Waals surface area contributed by atoms with E-state index in [1.807, 2.05) is 27.7 Å². The zero-order valence-electron chi connectivity index (χ0n) is 30.7. The van der Waals surface area contributed by atoms with Crippen LogP contribution in [0.5, 0.6) is 0 Å². The maximum Gasteiger partial charge on any atom is 0.407 e. The van der Waals surface area contributed by atoms with Crippen LogP contribution in [0.25, 0.3) is 11.3 Å². The maximum absolute atomic E-state index is 15.2. The lowest BCUT2D eigenvalue weighted by atomic mass is 10.0. The standard InChI is InChI=1S/C38H45FN8O6/c1-22(2)31(44-37(50)52-5)35(48)46-17-9-13-29(46)33-40-20-26(42-33)12-8-7-11-24-15-16-25(19-27(24)39)28-21-41-34(43-28)30-14-10-18-47(30)36(49)32(23(3)4)45-38(51)53-6/h15-16,19-23,29-32H,9-10,13-14,17-18H2,1-6H3,(H,40,42)(H,41,43)(H,44,50)(H,45,51)/t29-,30-,31-,32-/m0/s1. The number of likely N-dealkylation sites (tertiary alicyclic amines) is 2. The van der Waals surface area contributed by atoms with Crippen LogP contribution in [-0.2, 0) is 19.1 Å². The third kappa shape index (κ3) is 8.98. The van der Waals surface area contributed by atoms with Crippen molar-refractivity contribution in [2.75, 3.05) is 27.3 Å². The number of carbonyl (C=O) groups excluding carboxylic acids is 4. The zero-order chi connectivity index (χ0) is 38.2. The molecule has 2 aliphatic heterocycles. The summed E-state index contributed by atoms with van der Waals surface area (Å²) in [6, 6.07) is 2.56. The van der Waals surface area contributed by atoms with Crippen molar-refractivity contribution < 1.29 is 33.0 Å². The minimum Gasteiger partial charge on any atom is -0.453 e. The first-order chi connectivity index (χ1) is 25.4. The van der Waals surface area contributed by atoms with Crippen LogP contribution in [0.1, 0.15) is 88.4 Å². The van der Waals surface area contributed by atoms with Crippen LogP contribution in [0, 0.1) is 41.3 Å². The molecule has 0 aliphatic carbocycles. The molecule has 5 rings (SSSR count). The number of amides is 4. The van der Waals surface area contributed by atoms with Gasteiger partial charge in [-0.15, -0.1) is 0 Å². The van der Waals surface area contributed by atoms with Gasteiger partial charge in [-0.25, -0.2) is 23.9 Å². The molecular formula is C38H45FN8O6. The van der Waals surface area contributed by atoms with Gasteiger partial charge in [0.15, 0.2) is 0 Å². The van der Waals surface area contributed by atoms with E-state index in [1.165, 1.54) is 20.3 Å². The van der Waals surface area contributed by atoms with Gasteiger partial charge in [0, 0.05) is 18.7 Å². The summed E-state index contributed by atoms with van der Waals surface area (Å²) in [5.74, 6) is 11.0. The van der Waals surface area contributed by atoms with E-state index in [0.29, 0.717) is 54.5 Å². The predicted octanol–water partition coefficient (Wildman–Crippen LogP) is 4.43. The van der Waals surface area contributed by atoms with E-state index in [9.17, 15) is 19.2 Å². The first kappa shape index (κ1) is 38.4. The summed E-state index contributed by atoms with van der Waals surface area (Å²) < 4.78 is 24.6. The molecule has 1 aromatic carbocycles. The molecule has 0 spiro atoms. The first-order valence-electron chi connectivity index (χ1n) is 17.6. The van der Waals surface area contributed by atoms with E-state index in [4.69, 9.17) is 9.47 Å². The number of nitrogens with zero attached hydrogens (tertiary/aromatic N) is 4. The van der Waals surface area contributed by atoms with Crippen LogP contribution in [0.15, 0.2) is 30.6 Å². The van der Waals surface area contributed by atoms with Crippen molar-refractivity contribution in [3.05, 3.63) is 59.3 Å². The minimum atomic E-state index is -0.746. The number of hydrogen-bond donors (Lipinski definition) is 4. The van der Waals surface area contributed by atoms with Gasteiger partial charge >= 0.3 is 12.2 Å². The molecule has 0 saturated carbocycles.